The molecule has 0 saturated heterocycles. The van der Waals surface area contributed by atoms with Gasteiger partial charge in [-0.1, -0.05) is 18.3 Å². The lowest BCUT2D eigenvalue weighted by Crippen LogP contribution is -2.74. The summed E-state index contributed by atoms with van der Waals surface area (Å²) in [6, 6.07) is 0. The number of carbonyl (C=O) groups excluding carboxylic acids is 1. The standard InChI is InChI=1S/C14H9F17OS/c1-5(2)6(32)33-4-3-7(15,16)8(17,18)9(19,20)10(21,22)11(23,24)12(25,26)13(27,28)14(29,30)31/h1,3-4H2,2H3. The number of hydrogen-bond acceptors (Lipinski definition) is 2. The summed E-state index contributed by atoms with van der Waals surface area (Å²) in [6.07, 6.45) is -10.4. The minimum atomic E-state index is -8.65. The van der Waals surface area contributed by atoms with Gasteiger partial charge >= 0.3 is 47.6 Å². The van der Waals surface area contributed by atoms with Crippen LogP contribution in [0.1, 0.15) is 13.3 Å². The third-order valence-electron chi connectivity index (χ3n) is 3.78. The first-order valence-corrected chi connectivity index (χ1v) is 8.60. The minimum Gasteiger partial charge on any atom is -0.282 e. The molecule has 0 bridgehead atoms. The molecule has 0 spiro atoms. The lowest BCUT2D eigenvalue weighted by atomic mass is 9.88. The molecule has 33 heavy (non-hydrogen) atoms. The third kappa shape index (κ3) is 4.74. The summed E-state index contributed by atoms with van der Waals surface area (Å²) in [5.41, 5.74) is -0.403. The highest BCUT2D eigenvalue weighted by atomic mass is 32.2. The second-order valence-electron chi connectivity index (χ2n) is 6.31. The van der Waals surface area contributed by atoms with Gasteiger partial charge in [0, 0.05) is 12.2 Å². The fraction of sp³-hybridized carbons (Fsp3) is 0.786. The van der Waals surface area contributed by atoms with Crippen LogP contribution in [0.25, 0.3) is 0 Å². The van der Waals surface area contributed by atoms with E-state index in [2.05, 4.69) is 6.58 Å². The first kappa shape index (κ1) is 31.6. The zero-order valence-electron chi connectivity index (χ0n) is 15.4. The first-order chi connectivity index (χ1) is 14.1. The van der Waals surface area contributed by atoms with Crippen LogP contribution in [0, 0.1) is 0 Å². The normalized spacial score (nSPS) is 15.6. The lowest BCUT2D eigenvalue weighted by molar-refractivity contribution is -0.461. The number of rotatable bonds is 10. The molecule has 0 unspecified atom stereocenters. The maximum Gasteiger partial charge on any atom is 0.460 e. The molecule has 0 saturated carbocycles. The van der Waals surface area contributed by atoms with E-state index < -0.39 is 70.5 Å². The van der Waals surface area contributed by atoms with Crippen molar-refractivity contribution in [2.45, 2.75) is 61.0 Å². The van der Waals surface area contributed by atoms with Crippen molar-refractivity contribution >= 4 is 16.9 Å². The predicted molar refractivity (Wildman–Crippen MR) is 77.6 cm³/mol. The Bertz CT molecular complexity index is 751. The van der Waals surface area contributed by atoms with Gasteiger partial charge in [0.05, 0.1) is 0 Å². The summed E-state index contributed by atoms with van der Waals surface area (Å²) in [6.45, 7) is 3.91. The molecular weight excluding hydrogens is 539 g/mol. The molecule has 0 aromatic rings. The third-order valence-corrected chi connectivity index (χ3v) is 4.80. The van der Waals surface area contributed by atoms with E-state index >= 15 is 0 Å². The number of halogens is 17. The number of alkyl halides is 17. The first-order valence-electron chi connectivity index (χ1n) is 7.62. The SMILES string of the molecule is C=C(C)C(=O)SCCC(F)(F)C(F)(F)C(F)(F)C(F)(F)C(F)(F)C(F)(F)C(F)(F)C(F)(F)F. The van der Waals surface area contributed by atoms with Crippen LogP contribution in [-0.2, 0) is 4.79 Å². The lowest BCUT2D eigenvalue weighted by Gasteiger charge is -2.42. The van der Waals surface area contributed by atoms with Crippen molar-refractivity contribution in [3.8, 4) is 0 Å². The van der Waals surface area contributed by atoms with Crippen molar-refractivity contribution in [3.05, 3.63) is 12.2 Å². The van der Waals surface area contributed by atoms with Gasteiger partial charge in [0.2, 0.25) is 5.12 Å². The predicted octanol–water partition coefficient (Wildman–Crippen LogP) is 7.22. The highest BCUT2D eigenvalue weighted by Crippen LogP contribution is 2.64. The van der Waals surface area contributed by atoms with Crippen molar-refractivity contribution < 1.29 is 79.4 Å². The molecule has 1 nitrogen and oxygen atoms in total. The van der Waals surface area contributed by atoms with Crippen molar-refractivity contribution in [1.82, 2.24) is 0 Å². The largest absolute Gasteiger partial charge is 0.460 e. The molecule has 0 heterocycles. The zero-order chi connectivity index (χ0) is 27.3. The molecule has 0 aliphatic heterocycles. The van der Waals surface area contributed by atoms with Gasteiger partial charge in [-0.15, -0.1) is 0 Å². The van der Waals surface area contributed by atoms with E-state index in [0.29, 0.717) is 0 Å². The summed E-state index contributed by atoms with van der Waals surface area (Å²) in [7, 11) is 0. The monoisotopic (exact) mass is 548 g/mol. The Hall–Kier alpha value is -1.43. The van der Waals surface area contributed by atoms with Crippen molar-refractivity contribution in [3.63, 3.8) is 0 Å². The van der Waals surface area contributed by atoms with Gasteiger partial charge in [0.15, 0.2) is 0 Å². The van der Waals surface area contributed by atoms with E-state index in [0.717, 1.165) is 6.92 Å². The fourth-order valence-electron chi connectivity index (χ4n) is 1.75. The van der Waals surface area contributed by atoms with Gasteiger partial charge in [-0.2, -0.15) is 74.6 Å². The molecule has 0 N–H and O–H groups in total. The van der Waals surface area contributed by atoms with Gasteiger partial charge in [-0.25, -0.2) is 0 Å². The smallest absolute Gasteiger partial charge is 0.282 e. The highest BCUT2D eigenvalue weighted by molar-refractivity contribution is 8.14. The molecule has 19 heteroatoms. The maximum absolute atomic E-state index is 13.5. The molecule has 0 atom stereocenters. The summed E-state index contributed by atoms with van der Waals surface area (Å²) in [5.74, 6) is -58.0. The van der Waals surface area contributed by atoms with Crippen LogP contribution < -0.4 is 0 Å². The second kappa shape index (κ2) is 8.66. The Kier molecular flexibility index (Phi) is 8.28. The average Bonchev–Trinajstić information content (AvgIpc) is 2.59. The van der Waals surface area contributed by atoms with Gasteiger partial charge in [-0.3, -0.25) is 4.79 Å². The van der Waals surface area contributed by atoms with E-state index in [1.165, 1.54) is 0 Å². The maximum atomic E-state index is 13.5. The number of hydrogen-bond donors (Lipinski definition) is 0. The molecular formula is C14H9F17OS. The Balaban J connectivity index is 6.36. The Labute approximate surface area is 176 Å². The van der Waals surface area contributed by atoms with Crippen molar-refractivity contribution in [1.29, 1.82) is 0 Å². The van der Waals surface area contributed by atoms with Gasteiger partial charge < -0.3 is 0 Å². The van der Waals surface area contributed by atoms with E-state index in [-0.39, 0.29) is 11.8 Å². The molecule has 0 aromatic heterocycles. The van der Waals surface area contributed by atoms with Crippen molar-refractivity contribution in [2.24, 2.45) is 0 Å². The zero-order valence-corrected chi connectivity index (χ0v) is 16.2. The molecule has 196 valence electrons. The van der Waals surface area contributed by atoms with Crippen LogP contribution >= 0.6 is 11.8 Å². The van der Waals surface area contributed by atoms with Crippen LogP contribution in [0.5, 0.6) is 0 Å². The van der Waals surface area contributed by atoms with Crippen LogP contribution in [0.3, 0.4) is 0 Å². The Morgan fingerprint density at radius 2 is 0.909 bits per heavy atom. The quantitative estimate of drug-likeness (QED) is 0.212. The summed E-state index contributed by atoms with van der Waals surface area (Å²) in [5, 5.41) is -1.20. The fourth-order valence-corrected chi connectivity index (χ4v) is 2.54. The number of thioether (sulfide) groups is 1. The number of carbonyl (C=O) groups is 1. The average molecular weight is 548 g/mol. The molecule has 0 rings (SSSR count). The van der Waals surface area contributed by atoms with Crippen LogP contribution in [0.15, 0.2) is 12.2 Å². The highest BCUT2D eigenvalue weighted by Gasteiger charge is 2.95. The minimum absolute atomic E-state index is 0.315. The Morgan fingerprint density at radius 1 is 0.606 bits per heavy atom. The second-order valence-corrected chi connectivity index (χ2v) is 7.38. The van der Waals surface area contributed by atoms with Gasteiger partial charge in [0.25, 0.3) is 0 Å². The van der Waals surface area contributed by atoms with E-state index in [4.69, 9.17) is 0 Å². The van der Waals surface area contributed by atoms with Crippen LogP contribution in [-0.4, -0.2) is 58.5 Å². The Morgan fingerprint density at radius 3 is 1.21 bits per heavy atom. The topological polar surface area (TPSA) is 17.1 Å². The summed E-state index contributed by atoms with van der Waals surface area (Å²) >= 11 is -0.315. The molecule has 0 aliphatic carbocycles. The molecule has 0 fully saturated rings. The summed E-state index contributed by atoms with van der Waals surface area (Å²) in [4.78, 5) is 11.1. The molecule has 0 aromatic carbocycles. The van der Waals surface area contributed by atoms with Crippen molar-refractivity contribution in [2.75, 3.05) is 5.75 Å². The molecule has 0 aliphatic rings. The molecule has 0 amide bonds. The van der Waals surface area contributed by atoms with Crippen LogP contribution in [0.4, 0.5) is 74.6 Å². The summed E-state index contributed by atoms with van der Waals surface area (Å²) < 4.78 is 222. The van der Waals surface area contributed by atoms with Gasteiger partial charge in [-0.05, 0) is 12.5 Å². The van der Waals surface area contributed by atoms with E-state index in [1.54, 1.807) is 0 Å². The van der Waals surface area contributed by atoms with E-state index in [1.807, 2.05) is 0 Å². The van der Waals surface area contributed by atoms with Gasteiger partial charge in [0.1, 0.15) is 0 Å². The molecule has 0 radical (unpaired) electrons. The van der Waals surface area contributed by atoms with Crippen LogP contribution in [0.2, 0.25) is 0 Å². The van der Waals surface area contributed by atoms with E-state index in [9.17, 15) is 79.4 Å².